The molecule has 3 rings (SSSR count). The Morgan fingerprint density at radius 2 is 2.00 bits per heavy atom. The topological polar surface area (TPSA) is 89.2 Å². The van der Waals surface area contributed by atoms with Crippen LogP contribution < -0.4 is 5.32 Å². The highest BCUT2D eigenvalue weighted by atomic mass is 79.9. The number of nitroso groups, excluding NO2 is 1. The number of pyridine rings is 1. The zero-order valence-corrected chi connectivity index (χ0v) is 15.6. The molecule has 0 unspecified atom stereocenters. The van der Waals surface area contributed by atoms with Crippen LogP contribution in [0.1, 0.15) is 27.2 Å². The van der Waals surface area contributed by atoms with Gasteiger partial charge < -0.3 is 9.91 Å². The highest BCUT2D eigenvalue weighted by molar-refractivity contribution is 9.10. The smallest absolute Gasteiger partial charge is 0.264 e. The van der Waals surface area contributed by atoms with Gasteiger partial charge in [0.25, 0.3) is 7.98 Å². The third-order valence-electron chi connectivity index (χ3n) is 3.97. The van der Waals surface area contributed by atoms with Crippen LogP contribution in [-0.2, 0) is 0 Å². The quantitative estimate of drug-likeness (QED) is 0.298. The zero-order valence-electron chi connectivity index (χ0n) is 14.0. The molecule has 0 saturated heterocycles. The molecule has 0 aliphatic heterocycles. The van der Waals surface area contributed by atoms with Crippen LogP contribution in [0.25, 0.3) is 0 Å². The molecule has 0 spiro atoms. The van der Waals surface area contributed by atoms with Gasteiger partial charge in [0.05, 0.1) is 16.9 Å². The number of hydrogen-bond donors (Lipinski definition) is 1. The normalized spacial score (nSPS) is 10.6. The summed E-state index contributed by atoms with van der Waals surface area (Å²) in [6, 6.07) is 8.91. The number of carbonyl (C=O) groups excluding carboxylic acids is 1. The van der Waals surface area contributed by atoms with E-state index in [0.29, 0.717) is 27.1 Å². The maximum Gasteiger partial charge on any atom is 0.264 e. The molecule has 1 aromatic carbocycles. The average molecular weight is 410 g/mol. The van der Waals surface area contributed by atoms with E-state index in [1.807, 2.05) is 19.1 Å². The standard InChI is InChI=1S/C17H13BBrN5O2/c1-9-5-3-4-6-11(9)16(25)12-8-20-14(19)7-13(12)21-17-15(23-26)10(2)24(18)22-17/h3-8H,1-2H3,(H,20,21,22). The molecule has 0 fully saturated rings. The zero-order chi connectivity index (χ0) is 18.8. The minimum absolute atomic E-state index is 0.0784. The van der Waals surface area contributed by atoms with Gasteiger partial charge in [-0.2, -0.15) is 5.10 Å². The number of nitrogens with zero attached hydrogens (tertiary/aromatic N) is 4. The summed E-state index contributed by atoms with van der Waals surface area (Å²) in [5.74, 6) is -0.0351. The van der Waals surface area contributed by atoms with Crippen LogP contribution in [0.4, 0.5) is 17.2 Å². The number of halogens is 1. The number of benzene rings is 1. The van der Waals surface area contributed by atoms with Crippen LogP contribution in [0, 0.1) is 18.8 Å². The van der Waals surface area contributed by atoms with Crippen molar-refractivity contribution in [2.45, 2.75) is 13.8 Å². The van der Waals surface area contributed by atoms with Crippen LogP contribution >= 0.6 is 15.9 Å². The Bertz CT molecular complexity index is 1020. The van der Waals surface area contributed by atoms with Crippen molar-refractivity contribution in [2.75, 3.05) is 5.32 Å². The Labute approximate surface area is 159 Å². The van der Waals surface area contributed by atoms with Gasteiger partial charge in [-0.3, -0.25) is 4.79 Å². The van der Waals surface area contributed by atoms with Crippen LogP contribution in [0.3, 0.4) is 0 Å². The van der Waals surface area contributed by atoms with E-state index in [1.54, 1.807) is 25.1 Å². The summed E-state index contributed by atoms with van der Waals surface area (Å²) in [5, 5.41) is 9.98. The molecule has 0 aliphatic rings. The Hall–Kier alpha value is -2.81. The molecule has 0 bridgehead atoms. The van der Waals surface area contributed by atoms with Crippen LogP contribution in [-0.4, -0.2) is 28.4 Å². The second-order valence-electron chi connectivity index (χ2n) is 5.64. The number of ketones is 1. The number of aryl methyl sites for hydroxylation is 1. The van der Waals surface area contributed by atoms with Crippen molar-refractivity contribution in [3.05, 3.63) is 68.4 Å². The molecule has 7 nitrogen and oxygen atoms in total. The van der Waals surface area contributed by atoms with Gasteiger partial charge in [-0.1, -0.05) is 24.3 Å². The van der Waals surface area contributed by atoms with E-state index in [1.165, 1.54) is 6.20 Å². The van der Waals surface area contributed by atoms with Crippen molar-refractivity contribution in [1.29, 1.82) is 0 Å². The largest absolute Gasteiger partial charge is 0.336 e. The van der Waals surface area contributed by atoms with Crippen molar-refractivity contribution in [3.63, 3.8) is 0 Å². The summed E-state index contributed by atoms with van der Waals surface area (Å²) in [6.45, 7) is 3.48. The first-order chi connectivity index (χ1) is 12.4. The summed E-state index contributed by atoms with van der Waals surface area (Å²) < 4.78 is 1.57. The molecule has 0 amide bonds. The van der Waals surface area contributed by atoms with Gasteiger partial charge in [0.1, 0.15) is 4.60 Å². The number of hydrogen-bond acceptors (Lipinski definition) is 6. The maximum atomic E-state index is 13.0. The number of anilines is 2. The number of carbonyl (C=O) groups is 1. The fraction of sp³-hybridized carbons (Fsp3) is 0.118. The monoisotopic (exact) mass is 409 g/mol. The predicted molar refractivity (Wildman–Crippen MR) is 103 cm³/mol. The first-order valence-electron chi connectivity index (χ1n) is 7.63. The molecule has 0 saturated carbocycles. The summed E-state index contributed by atoms with van der Waals surface area (Å²) in [4.78, 5) is 28.2. The molecule has 9 heteroatoms. The predicted octanol–water partition coefficient (Wildman–Crippen LogP) is 3.96. The molecule has 2 aromatic heterocycles. The number of rotatable bonds is 5. The highest BCUT2D eigenvalue weighted by Crippen LogP contribution is 2.32. The van der Waals surface area contributed by atoms with Gasteiger partial charge in [-0.15, -0.1) is 4.91 Å². The lowest BCUT2D eigenvalue weighted by Crippen LogP contribution is -2.08. The third kappa shape index (κ3) is 3.30. The number of nitrogens with one attached hydrogen (secondary N) is 1. The van der Waals surface area contributed by atoms with E-state index in [-0.39, 0.29) is 17.3 Å². The van der Waals surface area contributed by atoms with Crippen molar-refractivity contribution >= 4 is 46.9 Å². The van der Waals surface area contributed by atoms with Gasteiger partial charge in [0, 0.05) is 11.8 Å². The van der Waals surface area contributed by atoms with Crippen molar-refractivity contribution < 1.29 is 4.79 Å². The minimum Gasteiger partial charge on any atom is -0.336 e. The van der Waals surface area contributed by atoms with E-state index in [2.05, 4.69) is 36.5 Å². The van der Waals surface area contributed by atoms with Crippen LogP contribution in [0.5, 0.6) is 0 Å². The lowest BCUT2D eigenvalue weighted by Gasteiger charge is -2.11. The first-order valence-corrected chi connectivity index (χ1v) is 8.42. The number of aromatic nitrogens is 3. The fourth-order valence-electron chi connectivity index (χ4n) is 2.52. The van der Waals surface area contributed by atoms with E-state index in [4.69, 9.17) is 7.98 Å². The highest BCUT2D eigenvalue weighted by Gasteiger charge is 2.20. The second-order valence-corrected chi connectivity index (χ2v) is 6.45. The van der Waals surface area contributed by atoms with E-state index >= 15 is 0 Å². The molecule has 3 aromatic rings. The average Bonchev–Trinajstić information content (AvgIpc) is 2.88. The molecule has 1 N–H and O–H groups in total. The van der Waals surface area contributed by atoms with E-state index in [0.717, 1.165) is 10.2 Å². The Kier molecular flexibility index (Phi) is 4.99. The minimum atomic E-state index is -0.199. The molecular weight excluding hydrogens is 397 g/mol. The van der Waals surface area contributed by atoms with E-state index in [9.17, 15) is 9.70 Å². The Morgan fingerprint density at radius 1 is 1.27 bits per heavy atom. The summed E-state index contributed by atoms with van der Waals surface area (Å²) in [6.07, 6.45) is 1.46. The van der Waals surface area contributed by atoms with Gasteiger partial charge >= 0.3 is 0 Å². The lowest BCUT2D eigenvalue weighted by atomic mass is 9.99. The molecule has 26 heavy (non-hydrogen) atoms. The van der Waals surface area contributed by atoms with E-state index < -0.39 is 0 Å². The van der Waals surface area contributed by atoms with Crippen LogP contribution in [0.2, 0.25) is 0 Å². The molecule has 0 atom stereocenters. The fourth-order valence-corrected chi connectivity index (χ4v) is 2.85. The van der Waals surface area contributed by atoms with Gasteiger partial charge in [0.15, 0.2) is 17.3 Å². The Balaban J connectivity index is 2.08. The third-order valence-corrected chi connectivity index (χ3v) is 4.40. The molecular formula is C17H13BBrN5O2. The second kappa shape index (κ2) is 7.21. The lowest BCUT2D eigenvalue weighted by molar-refractivity contribution is 0.103. The summed E-state index contributed by atoms with van der Waals surface area (Å²) in [7, 11) is 5.69. The van der Waals surface area contributed by atoms with Crippen LogP contribution in [0.15, 0.2) is 46.3 Å². The van der Waals surface area contributed by atoms with Crippen molar-refractivity contribution in [1.82, 2.24) is 14.7 Å². The SMILES string of the molecule is [B]n1nc(Nc2cc(Br)ncc2C(=O)c2ccccc2C)c(N=O)c1C. The molecule has 2 heterocycles. The molecule has 128 valence electrons. The molecule has 2 radical (unpaired) electrons. The van der Waals surface area contributed by atoms with Gasteiger partial charge in [-0.25, -0.2) is 4.98 Å². The van der Waals surface area contributed by atoms with Gasteiger partial charge in [0.2, 0.25) is 0 Å². The molecule has 0 aliphatic carbocycles. The summed E-state index contributed by atoms with van der Waals surface area (Å²) >= 11 is 3.29. The summed E-state index contributed by atoms with van der Waals surface area (Å²) in [5.41, 5.74) is 2.67. The van der Waals surface area contributed by atoms with Crippen molar-refractivity contribution in [3.8, 4) is 0 Å². The van der Waals surface area contributed by atoms with Crippen molar-refractivity contribution in [2.24, 2.45) is 5.18 Å². The maximum absolute atomic E-state index is 13.0. The van der Waals surface area contributed by atoms with Gasteiger partial charge in [-0.05, 0) is 46.6 Å². The Morgan fingerprint density at radius 3 is 2.69 bits per heavy atom. The first kappa shape index (κ1) is 18.0.